The van der Waals surface area contributed by atoms with E-state index in [1.807, 2.05) is 0 Å². The number of hydrogen-bond acceptors (Lipinski definition) is 2. The van der Waals surface area contributed by atoms with E-state index in [0.717, 1.165) is 6.07 Å². The predicted molar refractivity (Wildman–Crippen MR) is 53.5 cm³/mol. The van der Waals surface area contributed by atoms with Crippen LogP contribution >= 0.6 is 0 Å². The Morgan fingerprint density at radius 3 is 2.60 bits per heavy atom. The molecule has 1 aromatic rings. The second-order valence-electron chi connectivity index (χ2n) is 3.41. The Labute approximate surface area is 87.3 Å². The number of hydrogen-bond donors (Lipinski definition) is 1. The van der Waals surface area contributed by atoms with Gasteiger partial charge in [-0.3, -0.25) is 4.79 Å². The minimum Gasteiger partial charge on any atom is -0.313 e. The summed E-state index contributed by atoms with van der Waals surface area (Å²) in [5.74, 6) is -1.29. The molecular weight excluding hydrogens is 200 g/mol. The van der Waals surface area contributed by atoms with Crippen LogP contribution in [0.4, 0.5) is 8.78 Å². The largest absolute Gasteiger partial charge is 0.313 e. The summed E-state index contributed by atoms with van der Waals surface area (Å²) in [6, 6.07) is 2.96. The van der Waals surface area contributed by atoms with Crippen LogP contribution in [-0.2, 0) is 4.79 Å². The van der Waals surface area contributed by atoms with Gasteiger partial charge in [0.05, 0.1) is 0 Å². The number of carbonyl (C=O) groups excluding carboxylic acids is 1. The van der Waals surface area contributed by atoms with Gasteiger partial charge in [-0.2, -0.15) is 0 Å². The second kappa shape index (κ2) is 4.98. The van der Waals surface area contributed by atoms with Crippen LogP contribution in [0.3, 0.4) is 0 Å². The fourth-order valence-corrected chi connectivity index (χ4v) is 1.44. The molecule has 0 radical (unpaired) electrons. The summed E-state index contributed by atoms with van der Waals surface area (Å²) in [6.45, 7) is 1.44. The van der Waals surface area contributed by atoms with E-state index < -0.39 is 17.7 Å². The van der Waals surface area contributed by atoms with Gasteiger partial charge in [0.1, 0.15) is 17.4 Å². The lowest BCUT2D eigenvalue weighted by atomic mass is 10.0. The van der Waals surface area contributed by atoms with Gasteiger partial charge in [0.15, 0.2) is 0 Å². The average molecular weight is 213 g/mol. The number of rotatable bonds is 4. The van der Waals surface area contributed by atoms with Crippen LogP contribution in [0.25, 0.3) is 0 Å². The van der Waals surface area contributed by atoms with Crippen molar-refractivity contribution >= 4 is 5.78 Å². The number of nitrogens with one attached hydrogen (secondary N) is 1. The summed E-state index contributed by atoms with van der Waals surface area (Å²) in [4.78, 5) is 10.9. The molecular formula is C11H13F2NO. The van der Waals surface area contributed by atoms with Crippen LogP contribution in [0.5, 0.6) is 0 Å². The van der Waals surface area contributed by atoms with Crippen molar-refractivity contribution in [1.82, 2.24) is 5.32 Å². The smallest absolute Gasteiger partial charge is 0.131 e. The summed E-state index contributed by atoms with van der Waals surface area (Å²) in [5, 5.41) is 2.83. The van der Waals surface area contributed by atoms with Gasteiger partial charge in [-0.15, -0.1) is 0 Å². The molecule has 0 bridgehead atoms. The Balaban J connectivity index is 2.96. The molecule has 1 unspecified atom stereocenters. The normalized spacial score (nSPS) is 12.5. The van der Waals surface area contributed by atoms with Crippen LogP contribution in [0, 0.1) is 11.6 Å². The molecule has 0 aliphatic rings. The van der Waals surface area contributed by atoms with Crippen molar-refractivity contribution in [2.24, 2.45) is 0 Å². The molecule has 0 spiro atoms. The quantitative estimate of drug-likeness (QED) is 0.830. The molecule has 1 atom stereocenters. The molecule has 82 valence electrons. The van der Waals surface area contributed by atoms with Crippen molar-refractivity contribution in [3.63, 3.8) is 0 Å². The standard InChI is InChI=1S/C11H13F2NO/c1-7(15)5-11(14-2)9-4-3-8(12)6-10(9)13/h3-4,6,11,14H,5H2,1-2H3. The zero-order valence-electron chi connectivity index (χ0n) is 8.68. The molecule has 1 rings (SSSR count). The first-order chi connectivity index (χ1) is 7.04. The summed E-state index contributed by atoms with van der Waals surface area (Å²) < 4.78 is 26.0. The van der Waals surface area contributed by atoms with Crippen LogP contribution in [0.15, 0.2) is 18.2 Å². The van der Waals surface area contributed by atoms with Gasteiger partial charge < -0.3 is 5.32 Å². The Hall–Kier alpha value is -1.29. The first kappa shape index (κ1) is 11.8. The zero-order valence-corrected chi connectivity index (χ0v) is 8.68. The Morgan fingerprint density at radius 2 is 2.13 bits per heavy atom. The molecule has 0 saturated heterocycles. The van der Waals surface area contributed by atoms with Gasteiger partial charge in [0.25, 0.3) is 0 Å². The van der Waals surface area contributed by atoms with Crippen molar-refractivity contribution in [2.45, 2.75) is 19.4 Å². The fourth-order valence-electron chi connectivity index (χ4n) is 1.44. The van der Waals surface area contributed by atoms with Gasteiger partial charge in [0, 0.05) is 24.1 Å². The topological polar surface area (TPSA) is 29.1 Å². The van der Waals surface area contributed by atoms with Gasteiger partial charge in [-0.25, -0.2) is 8.78 Å². The van der Waals surface area contributed by atoms with E-state index in [-0.39, 0.29) is 12.2 Å². The summed E-state index contributed by atoms with van der Waals surface area (Å²) in [5.41, 5.74) is 0.314. The Morgan fingerprint density at radius 1 is 1.47 bits per heavy atom. The number of benzene rings is 1. The van der Waals surface area contributed by atoms with Crippen LogP contribution in [0.1, 0.15) is 24.9 Å². The van der Waals surface area contributed by atoms with Crippen LogP contribution < -0.4 is 5.32 Å². The van der Waals surface area contributed by atoms with Gasteiger partial charge >= 0.3 is 0 Å². The predicted octanol–water partition coefficient (Wildman–Crippen LogP) is 2.20. The fraction of sp³-hybridized carbons (Fsp3) is 0.364. The summed E-state index contributed by atoms with van der Waals surface area (Å²) in [7, 11) is 1.64. The van der Waals surface area contributed by atoms with E-state index in [9.17, 15) is 13.6 Å². The van der Waals surface area contributed by atoms with Crippen molar-refractivity contribution < 1.29 is 13.6 Å². The molecule has 0 aliphatic carbocycles. The SMILES string of the molecule is CNC(CC(C)=O)c1ccc(F)cc1F. The third kappa shape index (κ3) is 3.09. The minimum absolute atomic E-state index is 0.0434. The molecule has 2 nitrogen and oxygen atoms in total. The third-order valence-electron chi connectivity index (χ3n) is 2.18. The zero-order chi connectivity index (χ0) is 11.4. The molecule has 0 heterocycles. The maximum atomic E-state index is 13.3. The molecule has 0 saturated carbocycles. The lowest BCUT2D eigenvalue weighted by Crippen LogP contribution is -2.20. The van der Waals surface area contributed by atoms with Crippen molar-refractivity contribution in [1.29, 1.82) is 0 Å². The Bertz CT molecular complexity index is 366. The van der Waals surface area contributed by atoms with E-state index in [2.05, 4.69) is 5.32 Å². The molecule has 0 fully saturated rings. The number of carbonyl (C=O) groups is 1. The van der Waals surface area contributed by atoms with E-state index in [1.54, 1.807) is 7.05 Å². The van der Waals surface area contributed by atoms with Crippen LogP contribution in [0.2, 0.25) is 0 Å². The average Bonchev–Trinajstić information content (AvgIpc) is 2.14. The minimum atomic E-state index is -0.629. The highest BCUT2D eigenvalue weighted by Gasteiger charge is 2.15. The first-order valence-electron chi connectivity index (χ1n) is 4.66. The summed E-state index contributed by atoms with van der Waals surface area (Å²) in [6.07, 6.45) is 0.194. The highest BCUT2D eigenvalue weighted by molar-refractivity contribution is 5.76. The first-order valence-corrected chi connectivity index (χ1v) is 4.66. The highest BCUT2D eigenvalue weighted by atomic mass is 19.1. The number of Topliss-reactive ketones (excluding diaryl/α,β-unsaturated/α-hetero) is 1. The molecule has 1 N–H and O–H groups in total. The second-order valence-corrected chi connectivity index (χ2v) is 3.41. The molecule has 0 amide bonds. The van der Waals surface area contributed by atoms with Crippen molar-refractivity contribution in [2.75, 3.05) is 7.05 Å². The molecule has 1 aromatic carbocycles. The lowest BCUT2D eigenvalue weighted by Gasteiger charge is -2.15. The highest BCUT2D eigenvalue weighted by Crippen LogP contribution is 2.20. The van der Waals surface area contributed by atoms with E-state index in [0.29, 0.717) is 5.56 Å². The van der Waals surface area contributed by atoms with Crippen LogP contribution in [-0.4, -0.2) is 12.8 Å². The molecule has 0 aliphatic heterocycles. The number of ketones is 1. The number of halogens is 2. The van der Waals surface area contributed by atoms with Gasteiger partial charge in [-0.05, 0) is 20.0 Å². The van der Waals surface area contributed by atoms with E-state index in [1.165, 1.54) is 19.1 Å². The summed E-state index contributed by atoms with van der Waals surface area (Å²) >= 11 is 0. The Kier molecular flexibility index (Phi) is 3.91. The maximum Gasteiger partial charge on any atom is 0.131 e. The maximum absolute atomic E-state index is 13.3. The monoisotopic (exact) mass is 213 g/mol. The lowest BCUT2D eigenvalue weighted by molar-refractivity contribution is -0.117. The van der Waals surface area contributed by atoms with E-state index in [4.69, 9.17) is 0 Å². The molecule has 0 aromatic heterocycles. The molecule has 4 heteroatoms. The van der Waals surface area contributed by atoms with Gasteiger partial charge in [-0.1, -0.05) is 6.07 Å². The van der Waals surface area contributed by atoms with Gasteiger partial charge in [0.2, 0.25) is 0 Å². The molecule has 15 heavy (non-hydrogen) atoms. The van der Waals surface area contributed by atoms with Crippen molar-refractivity contribution in [3.8, 4) is 0 Å². The van der Waals surface area contributed by atoms with Crippen molar-refractivity contribution in [3.05, 3.63) is 35.4 Å². The third-order valence-corrected chi connectivity index (χ3v) is 2.18. The van der Waals surface area contributed by atoms with E-state index >= 15 is 0 Å².